The molecular formula is C14H24BrN3. The summed E-state index contributed by atoms with van der Waals surface area (Å²) < 4.78 is 3.33. The van der Waals surface area contributed by atoms with E-state index in [0.29, 0.717) is 11.8 Å². The molecule has 3 nitrogen and oxygen atoms in total. The van der Waals surface area contributed by atoms with E-state index in [-0.39, 0.29) is 0 Å². The zero-order chi connectivity index (χ0) is 13.1. The number of hydrogen-bond donors (Lipinski definition) is 1. The molecule has 1 aliphatic rings. The minimum Gasteiger partial charge on any atom is -0.369 e. The zero-order valence-electron chi connectivity index (χ0n) is 11.7. The molecule has 18 heavy (non-hydrogen) atoms. The number of hydrogen-bond acceptors (Lipinski definition) is 2. The summed E-state index contributed by atoms with van der Waals surface area (Å²) in [6.07, 6.45) is 4.97. The fourth-order valence-corrected chi connectivity index (χ4v) is 3.38. The molecule has 0 bridgehead atoms. The number of fused-ring (bicyclic) bond motifs is 1. The largest absolute Gasteiger partial charge is 0.369 e. The van der Waals surface area contributed by atoms with Crippen LogP contribution in [0.4, 0.5) is 5.82 Å². The molecule has 1 aromatic rings. The summed E-state index contributed by atoms with van der Waals surface area (Å²) in [6, 6.07) is 0. The van der Waals surface area contributed by atoms with Gasteiger partial charge in [0, 0.05) is 19.0 Å². The van der Waals surface area contributed by atoms with Crippen LogP contribution >= 0.6 is 15.9 Å². The second-order valence-corrected chi connectivity index (χ2v) is 6.26. The van der Waals surface area contributed by atoms with Gasteiger partial charge in [0.1, 0.15) is 5.82 Å². The van der Waals surface area contributed by atoms with E-state index in [0.717, 1.165) is 13.1 Å². The Balaban J connectivity index is 2.22. The highest BCUT2D eigenvalue weighted by Crippen LogP contribution is 2.37. The molecule has 0 radical (unpaired) electrons. The van der Waals surface area contributed by atoms with E-state index >= 15 is 0 Å². The number of halogens is 1. The minimum atomic E-state index is 0.592. The summed E-state index contributed by atoms with van der Waals surface area (Å²) in [5.74, 6) is 2.43. The fraction of sp³-hybridized carbons (Fsp3) is 0.786. The third-order valence-electron chi connectivity index (χ3n) is 3.81. The highest BCUT2D eigenvalue weighted by molar-refractivity contribution is 9.10. The topological polar surface area (TPSA) is 29.9 Å². The van der Waals surface area contributed by atoms with Crippen molar-refractivity contribution in [3.63, 3.8) is 0 Å². The normalized spacial score (nSPS) is 20.3. The number of unbranched alkanes of at least 4 members (excludes halogenated alkanes) is 1. The van der Waals surface area contributed by atoms with E-state index in [2.05, 4.69) is 46.7 Å². The minimum absolute atomic E-state index is 0.592. The van der Waals surface area contributed by atoms with Gasteiger partial charge in [0.2, 0.25) is 0 Å². The van der Waals surface area contributed by atoms with Crippen molar-refractivity contribution >= 4 is 21.7 Å². The Morgan fingerprint density at radius 2 is 2.28 bits per heavy atom. The van der Waals surface area contributed by atoms with Crippen LogP contribution in [0.25, 0.3) is 0 Å². The Labute approximate surface area is 118 Å². The van der Waals surface area contributed by atoms with Crippen molar-refractivity contribution in [3.05, 3.63) is 10.2 Å². The van der Waals surface area contributed by atoms with Gasteiger partial charge in [0.25, 0.3) is 0 Å². The number of nitrogens with one attached hydrogen (secondary N) is 1. The molecule has 4 heteroatoms. The summed E-state index contributed by atoms with van der Waals surface area (Å²) in [4.78, 5) is 0. The van der Waals surface area contributed by atoms with Crippen molar-refractivity contribution in [3.8, 4) is 0 Å². The van der Waals surface area contributed by atoms with Crippen LogP contribution in [-0.4, -0.2) is 16.3 Å². The SMILES string of the molecule is CCCCC(CC)c1nn2c(c1Br)NCC(C)C2. The first kappa shape index (κ1) is 13.9. The Morgan fingerprint density at radius 1 is 1.50 bits per heavy atom. The second kappa shape index (κ2) is 6.09. The standard InChI is InChI=1S/C14H24BrN3/c1-4-6-7-11(5-2)13-12(15)14-16-8-10(3)9-18(14)17-13/h10-11,16H,4-9H2,1-3H3. The molecule has 1 N–H and O–H groups in total. The van der Waals surface area contributed by atoms with Gasteiger partial charge < -0.3 is 5.32 Å². The molecule has 0 aliphatic carbocycles. The van der Waals surface area contributed by atoms with Crippen molar-refractivity contribution in [1.82, 2.24) is 9.78 Å². The van der Waals surface area contributed by atoms with Crippen molar-refractivity contribution in [2.24, 2.45) is 5.92 Å². The van der Waals surface area contributed by atoms with Crippen molar-refractivity contribution in [1.29, 1.82) is 0 Å². The molecule has 2 heterocycles. The maximum Gasteiger partial charge on any atom is 0.139 e. The smallest absolute Gasteiger partial charge is 0.139 e. The van der Waals surface area contributed by atoms with E-state index in [1.807, 2.05) is 0 Å². The van der Waals surface area contributed by atoms with Gasteiger partial charge in [-0.05, 0) is 34.7 Å². The first-order valence-corrected chi connectivity index (χ1v) is 7.96. The third-order valence-corrected chi connectivity index (χ3v) is 4.59. The highest BCUT2D eigenvalue weighted by Gasteiger charge is 2.25. The van der Waals surface area contributed by atoms with Gasteiger partial charge in [-0.15, -0.1) is 0 Å². The second-order valence-electron chi connectivity index (χ2n) is 5.46. The molecule has 0 saturated carbocycles. The Bertz CT molecular complexity index is 400. The van der Waals surface area contributed by atoms with Crippen LogP contribution in [-0.2, 0) is 6.54 Å². The van der Waals surface area contributed by atoms with Crippen LogP contribution in [0.5, 0.6) is 0 Å². The molecule has 0 amide bonds. The monoisotopic (exact) mass is 313 g/mol. The van der Waals surface area contributed by atoms with Crippen LogP contribution in [0.3, 0.4) is 0 Å². The first-order chi connectivity index (χ1) is 8.67. The predicted octanol–water partition coefficient (Wildman–Crippen LogP) is 4.39. The Hall–Kier alpha value is -0.510. The van der Waals surface area contributed by atoms with Crippen LogP contribution in [0.1, 0.15) is 58.1 Å². The maximum absolute atomic E-state index is 4.83. The Kier molecular flexibility index (Phi) is 4.71. The molecule has 0 spiro atoms. The van der Waals surface area contributed by atoms with E-state index < -0.39 is 0 Å². The number of rotatable bonds is 5. The molecule has 1 aromatic heterocycles. The lowest BCUT2D eigenvalue weighted by molar-refractivity contribution is 0.437. The van der Waals surface area contributed by atoms with E-state index in [4.69, 9.17) is 5.10 Å². The number of nitrogens with zero attached hydrogens (tertiary/aromatic N) is 2. The summed E-state index contributed by atoms with van der Waals surface area (Å²) >= 11 is 3.74. The average molecular weight is 314 g/mol. The van der Waals surface area contributed by atoms with Gasteiger partial charge in [-0.3, -0.25) is 0 Å². The lowest BCUT2D eigenvalue weighted by Crippen LogP contribution is -2.25. The van der Waals surface area contributed by atoms with Gasteiger partial charge in [-0.1, -0.05) is 33.6 Å². The first-order valence-electron chi connectivity index (χ1n) is 7.17. The van der Waals surface area contributed by atoms with Crippen molar-refractivity contribution in [2.45, 2.75) is 58.9 Å². The lowest BCUT2D eigenvalue weighted by Gasteiger charge is -2.21. The summed E-state index contributed by atoms with van der Waals surface area (Å²) in [5.41, 5.74) is 1.25. The van der Waals surface area contributed by atoms with Gasteiger partial charge in [-0.2, -0.15) is 5.10 Å². The number of aromatic nitrogens is 2. The quantitative estimate of drug-likeness (QED) is 0.873. The molecule has 0 saturated heterocycles. The molecule has 102 valence electrons. The molecule has 2 unspecified atom stereocenters. The third kappa shape index (κ3) is 2.73. The molecule has 2 atom stereocenters. The summed E-state index contributed by atoms with van der Waals surface area (Å²) in [5, 5.41) is 8.32. The average Bonchev–Trinajstić information content (AvgIpc) is 2.67. The summed E-state index contributed by atoms with van der Waals surface area (Å²) in [6.45, 7) is 8.87. The van der Waals surface area contributed by atoms with Gasteiger partial charge in [0.05, 0.1) is 10.2 Å². The fourth-order valence-electron chi connectivity index (χ4n) is 2.64. The van der Waals surface area contributed by atoms with Crippen LogP contribution in [0, 0.1) is 5.92 Å². The van der Waals surface area contributed by atoms with Crippen molar-refractivity contribution in [2.75, 3.05) is 11.9 Å². The van der Waals surface area contributed by atoms with Gasteiger partial charge >= 0.3 is 0 Å². The predicted molar refractivity (Wildman–Crippen MR) is 80.1 cm³/mol. The molecule has 1 aliphatic heterocycles. The number of anilines is 1. The lowest BCUT2D eigenvalue weighted by atomic mass is 9.96. The van der Waals surface area contributed by atoms with Crippen LogP contribution < -0.4 is 5.32 Å². The maximum atomic E-state index is 4.83. The molecule has 0 fully saturated rings. The summed E-state index contributed by atoms with van der Waals surface area (Å²) in [7, 11) is 0. The molecule has 2 rings (SSSR count). The zero-order valence-corrected chi connectivity index (χ0v) is 13.3. The van der Waals surface area contributed by atoms with Crippen LogP contribution in [0.15, 0.2) is 4.47 Å². The molecule has 0 aromatic carbocycles. The highest BCUT2D eigenvalue weighted by atomic mass is 79.9. The van der Waals surface area contributed by atoms with Crippen molar-refractivity contribution < 1.29 is 0 Å². The Morgan fingerprint density at radius 3 is 2.94 bits per heavy atom. The van der Waals surface area contributed by atoms with E-state index in [9.17, 15) is 0 Å². The van der Waals surface area contributed by atoms with Gasteiger partial charge in [0.15, 0.2) is 0 Å². The molecular weight excluding hydrogens is 290 g/mol. The van der Waals surface area contributed by atoms with Gasteiger partial charge in [-0.25, -0.2) is 4.68 Å². The van der Waals surface area contributed by atoms with Crippen LogP contribution in [0.2, 0.25) is 0 Å². The van der Waals surface area contributed by atoms with E-state index in [1.54, 1.807) is 0 Å². The van der Waals surface area contributed by atoms with E-state index in [1.165, 1.54) is 41.7 Å².